The van der Waals surface area contributed by atoms with E-state index in [2.05, 4.69) is 30.6 Å². The van der Waals surface area contributed by atoms with E-state index in [1.54, 1.807) is 0 Å². The van der Waals surface area contributed by atoms with Crippen LogP contribution in [0.1, 0.15) is 15.9 Å². The highest BCUT2D eigenvalue weighted by atomic mass is 35.5. The molecule has 0 fully saturated rings. The van der Waals surface area contributed by atoms with E-state index in [4.69, 9.17) is 27.9 Å². The second-order valence-electron chi connectivity index (χ2n) is 7.51. The quantitative estimate of drug-likeness (QED) is 0.302. The highest BCUT2D eigenvalue weighted by Gasteiger charge is 2.30. The number of halogens is 6. The monoisotopic (exact) mass is 530 g/mol. The van der Waals surface area contributed by atoms with Crippen molar-refractivity contribution in [3.8, 4) is 5.75 Å². The molecule has 2 aromatic heterocycles. The number of alkyl halides is 4. The van der Waals surface area contributed by atoms with Crippen LogP contribution in [-0.4, -0.2) is 51.3 Å². The first-order valence-electron chi connectivity index (χ1n) is 9.96. The molecule has 35 heavy (non-hydrogen) atoms. The Morgan fingerprint density at radius 2 is 2.06 bits per heavy atom. The molecule has 3 aromatic rings. The molecule has 0 radical (unpaired) electrons. The van der Waals surface area contributed by atoms with Gasteiger partial charge in [0.05, 0.1) is 39.2 Å². The van der Waals surface area contributed by atoms with E-state index in [9.17, 15) is 22.4 Å². The molecule has 3 N–H and O–H groups in total. The van der Waals surface area contributed by atoms with Gasteiger partial charge >= 0.3 is 6.18 Å². The van der Waals surface area contributed by atoms with E-state index in [-0.39, 0.29) is 34.2 Å². The van der Waals surface area contributed by atoms with Gasteiger partial charge in [-0.15, -0.1) is 11.6 Å². The van der Waals surface area contributed by atoms with E-state index < -0.39 is 35.9 Å². The average molecular weight is 531 g/mol. The zero-order valence-corrected chi connectivity index (χ0v) is 19.3. The first-order chi connectivity index (χ1) is 16.5. The van der Waals surface area contributed by atoms with E-state index in [0.717, 1.165) is 6.20 Å². The summed E-state index contributed by atoms with van der Waals surface area (Å²) >= 11 is 12.4. The number of anilines is 2. The standard InChI is InChI=1S/C21H16Cl2F4N6O2/c1-9-2-17(29-7-13(9)24)32-19(34)10-3-14-15(4-16(10)35-8-21(25,26)27)31-20(30-14)33-18-11(22)5-28-6-12(18)23/h2-7,11,18H,8H2,1H3,(H,29,32,34)(H2,30,31,33). The lowest BCUT2D eigenvalue weighted by Crippen LogP contribution is -2.33. The Morgan fingerprint density at radius 1 is 1.29 bits per heavy atom. The Labute approximate surface area is 205 Å². The maximum Gasteiger partial charge on any atom is 0.422 e. The summed E-state index contributed by atoms with van der Waals surface area (Å²) in [6.45, 7) is -0.154. The van der Waals surface area contributed by atoms with Crippen LogP contribution >= 0.6 is 23.2 Å². The fourth-order valence-corrected chi connectivity index (χ4v) is 3.74. The third-order valence-corrected chi connectivity index (χ3v) is 5.54. The molecule has 1 aromatic carbocycles. The van der Waals surface area contributed by atoms with Crippen LogP contribution in [0.4, 0.5) is 29.3 Å². The largest absolute Gasteiger partial charge is 0.483 e. The fourth-order valence-electron chi connectivity index (χ4n) is 3.16. The molecule has 1 aliphatic heterocycles. The molecule has 184 valence electrons. The lowest BCUT2D eigenvalue weighted by atomic mass is 10.1. The number of aliphatic imine (C=N–C) groups is 1. The van der Waals surface area contributed by atoms with Gasteiger partial charge < -0.3 is 20.4 Å². The number of carbonyl (C=O) groups is 1. The van der Waals surface area contributed by atoms with Crippen LogP contribution in [0.25, 0.3) is 11.0 Å². The van der Waals surface area contributed by atoms with Gasteiger partial charge in [-0.1, -0.05) is 11.6 Å². The first kappa shape index (κ1) is 24.7. The van der Waals surface area contributed by atoms with Crippen molar-refractivity contribution in [1.29, 1.82) is 0 Å². The molecule has 0 bridgehead atoms. The summed E-state index contributed by atoms with van der Waals surface area (Å²) in [6.07, 6.45) is -0.832. The molecule has 0 spiro atoms. The number of pyridine rings is 1. The van der Waals surface area contributed by atoms with Crippen molar-refractivity contribution >= 4 is 58.1 Å². The summed E-state index contributed by atoms with van der Waals surface area (Å²) in [5.41, 5.74) is 0.531. The highest BCUT2D eigenvalue weighted by Crippen LogP contribution is 2.30. The van der Waals surface area contributed by atoms with Gasteiger partial charge in [0.15, 0.2) is 6.61 Å². The van der Waals surface area contributed by atoms with Crippen LogP contribution < -0.4 is 15.4 Å². The number of hydrogen-bond acceptors (Lipinski definition) is 6. The number of H-pyrrole nitrogens is 1. The molecular formula is C21H16Cl2F4N6O2. The Balaban J connectivity index is 1.66. The topological polar surface area (TPSA) is 104 Å². The summed E-state index contributed by atoms with van der Waals surface area (Å²) in [5, 5.41) is 5.16. The van der Waals surface area contributed by atoms with Crippen molar-refractivity contribution in [2.75, 3.05) is 17.2 Å². The van der Waals surface area contributed by atoms with Crippen molar-refractivity contribution in [2.24, 2.45) is 4.99 Å². The van der Waals surface area contributed by atoms with Crippen LogP contribution in [0, 0.1) is 12.7 Å². The lowest BCUT2D eigenvalue weighted by Gasteiger charge is -2.21. The number of hydrogen-bond donors (Lipinski definition) is 3. The van der Waals surface area contributed by atoms with Crippen molar-refractivity contribution in [3.63, 3.8) is 0 Å². The number of fused-ring (bicyclic) bond motifs is 1. The van der Waals surface area contributed by atoms with Gasteiger partial charge in [-0.05, 0) is 24.6 Å². The van der Waals surface area contributed by atoms with Gasteiger partial charge in [0.25, 0.3) is 5.91 Å². The molecule has 0 saturated heterocycles. The fraction of sp³-hybridized carbons (Fsp3) is 0.238. The van der Waals surface area contributed by atoms with Crippen LogP contribution in [-0.2, 0) is 0 Å². The number of rotatable bonds is 6. The smallest absolute Gasteiger partial charge is 0.422 e. The van der Waals surface area contributed by atoms with Crippen LogP contribution in [0.5, 0.6) is 5.75 Å². The zero-order valence-electron chi connectivity index (χ0n) is 17.8. The molecule has 1 amide bonds. The number of imidazole rings is 1. The summed E-state index contributed by atoms with van der Waals surface area (Å²) < 4.78 is 56.8. The number of amides is 1. The van der Waals surface area contributed by atoms with Crippen LogP contribution in [0.2, 0.25) is 0 Å². The molecule has 2 unspecified atom stereocenters. The predicted octanol–water partition coefficient (Wildman–Crippen LogP) is 5.15. The van der Waals surface area contributed by atoms with Crippen molar-refractivity contribution in [1.82, 2.24) is 15.0 Å². The lowest BCUT2D eigenvalue weighted by molar-refractivity contribution is -0.153. The van der Waals surface area contributed by atoms with Crippen molar-refractivity contribution < 1.29 is 27.1 Å². The number of aryl methyl sites for hydroxylation is 1. The normalized spacial score (nSPS) is 17.9. The van der Waals surface area contributed by atoms with Gasteiger partial charge in [0.2, 0.25) is 5.95 Å². The summed E-state index contributed by atoms with van der Waals surface area (Å²) in [4.78, 5) is 27.8. The molecule has 0 saturated carbocycles. The number of aromatic nitrogens is 3. The van der Waals surface area contributed by atoms with Gasteiger partial charge in [-0.2, -0.15) is 13.2 Å². The Morgan fingerprint density at radius 3 is 2.74 bits per heavy atom. The number of carbonyl (C=O) groups excluding carboxylic acids is 1. The van der Waals surface area contributed by atoms with E-state index in [1.807, 2.05) is 0 Å². The second-order valence-corrected chi connectivity index (χ2v) is 8.45. The number of aromatic amines is 1. The minimum Gasteiger partial charge on any atom is -0.483 e. The third kappa shape index (κ3) is 5.82. The molecular weight excluding hydrogens is 515 g/mol. The molecule has 4 rings (SSSR count). The van der Waals surface area contributed by atoms with Gasteiger partial charge in [0.1, 0.15) is 17.4 Å². The Kier molecular flexibility index (Phi) is 6.86. The molecule has 14 heteroatoms. The zero-order chi connectivity index (χ0) is 25.3. The van der Waals surface area contributed by atoms with E-state index in [0.29, 0.717) is 10.5 Å². The summed E-state index contributed by atoms with van der Waals surface area (Å²) in [7, 11) is 0. The van der Waals surface area contributed by atoms with E-state index >= 15 is 0 Å². The SMILES string of the molecule is Cc1cc(NC(=O)c2cc3[nH]c(NC4C(Cl)=CN=CC4Cl)nc3cc2OCC(F)(F)F)ncc1F. The predicted molar refractivity (Wildman–Crippen MR) is 124 cm³/mol. The summed E-state index contributed by atoms with van der Waals surface area (Å²) in [6, 6.07) is 3.20. The Bertz CT molecular complexity index is 1340. The molecule has 3 heterocycles. The Hall–Kier alpha value is -3.38. The molecule has 0 aliphatic carbocycles. The number of nitrogens with zero attached hydrogens (tertiary/aromatic N) is 3. The minimum absolute atomic E-state index is 0.0104. The molecule has 8 nitrogen and oxygen atoms in total. The van der Waals surface area contributed by atoms with Crippen LogP contribution in [0.15, 0.2) is 40.6 Å². The number of benzene rings is 1. The maximum atomic E-state index is 13.5. The molecule has 1 aliphatic rings. The van der Waals surface area contributed by atoms with E-state index in [1.165, 1.54) is 37.5 Å². The second kappa shape index (κ2) is 9.70. The first-order valence-corrected chi connectivity index (χ1v) is 10.8. The minimum atomic E-state index is -4.64. The number of nitrogens with one attached hydrogen (secondary N) is 3. The van der Waals surface area contributed by atoms with Gasteiger partial charge in [-0.3, -0.25) is 9.79 Å². The van der Waals surface area contributed by atoms with Crippen molar-refractivity contribution in [3.05, 3.63) is 52.6 Å². The van der Waals surface area contributed by atoms with Gasteiger partial charge in [-0.25, -0.2) is 14.4 Å². The average Bonchev–Trinajstić information content (AvgIpc) is 3.17. The van der Waals surface area contributed by atoms with Crippen molar-refractivity contribution in [2.45, 2.75) is 24.5 Å². The van der Waals surface area contributed by atoms with Gasteiger partial charge in [0, 0.05) is 18.5 Å². The molecule has 2 atom stereocenters. The third-order valence-electron chi connectivity index (χ3n) is 4.84. The van der Waals surface area contributed by atoms with Crippen LogP contribution in [0.3, 0.4) is 0 Å². The highest BCUT2D eigenvalue weighted by molar-refractivity contribution is 6.35. The summed E-state index contributed by atoms with van der Waals surface area (Å²) in [5.74, 6) is -1.54. The maximum absolute atomic E-state index is 13.5. The number of ether oxygens (including phenoxy) is 1.